The van der Waals surface area contributed by atoms with Crippen LogP contribution < -0.4 is 5.32 Å². The van der Waals surface area contributed by atoms with Gasteiger partial charge in [-0.15, -0.1) is 0 Å². The van der Waals surface area contributed by atoms with Crippen LogP contribution in [0.2, 0.25) is 0 Å². The lowest BCUT2D eigenvalue weighted by atomic mass is 10.1. The summed E-state index contributed by atoms with van der Waals surface area (Å²) in [6, 6.07) is 12.6. The molecular weight excluding hydrogens is 416 g/mol. The molecule has 2 saturated heterocycles. The molecular formula is C25H32N6O2. The Morgan fingerprint density at radius 2 is 1.97 bits per heavy atom. The van der Waals surface area contributed by atoms with E-state index in [0.717, 1.165) is 68.2 Å². The summed E-state index contributed by atoms with van der Waals surface area (Å²) < 4.78 is 7.77. The first-order chi connectivity index (χ1) is 16.2. The van der Waals surface area contributed by atoms with Gasteiger partial charge in [0.2, 0.25) is 0 Å². The Kier molecular flexibility index (Phi) is 6.55. The van der Waals surface area contributed by atoms with E-state index in [9.17, 15) is 4.79 Å². The fourth-order valence-corrected chi connectivity index (χ4v) is 4.64. The van der Waals surface area contributed by atoms with Crippen LogP contribution in [-0.2, 0) is 17.7 Å². The largest absolute Gasteiger partial charge is 0.376 e. The zero-order chi connectivity index (χ0) is 22.6. The molecule has 174 valence electrons. The highest BCUT2D eigenvalue weighted by molar-refractivity contribution is 5.74. The molecule has 1 atom stereocenters. The molecule has 0 saturated carbocycles. The van der Waals surface area contributed by atoms with Crippen LogP contribution in [-0.4, -0.2) is 75.8 Å². The topological polar surface area (TPSA) is 75.5 Å². The second-order valence-corrected chi connectivity index (χ2v) is 8.81. The number of hydrogen-bond acceptors (Lipinski definition) is 5. The number of nitrogens with zero attached hydrogens (tertiary/aromatic N) is 5. The van der Waals surface area contributed by atoms with Crippen molar-refractivity contribution in [3.05, 3.63) is 54.0 Å². The van der Waals surface area contributed by atoms with E-state index in [4.69, 9.17) is 9.72 Å². The highest BCUT2D eigenvalue weighted by Gasteiger charge is 2.24. The van der Waals surface area contributed by atoms with Crippen molar-refractivity contribution < 1.29 is 9.53 Å². The van der Waals surface area contributed by atoms with Crippen molar-refractivity contribution in [3.8, 4) is 5.69 Å². The molecule has 8 heteroatoms. The smallest absolute Gasteiger partial charge is 0.317 e. The molecule has 0 bridgehead atoms. The first-order valence-electron chi connectivity index (χ1n) is 12.0. The maximum Gasteiger partial charge on any atom is 0.317 e. The molecule has 3 aromatic rings. The van der Waals surface area contributed by atoms with E-state index in [1.165, 1.54) is 5.56 Å². The zero-order valence-electron chi connectivity index (χ0n) is 19.2. The molecule has 2 aliphatic rings. The quantitative estimate of drug-likeness (QED) is 0.628. The number of hydrogen-bond donors (Lipinski definition) is 1. The standard InChI is InChI=1S/C25H32N6O2/c1-2-19-7-9-20(10-8-19)31-23(28-22-6-3-11-26-24(22)31)18-29-12-14-30(15-13-29)25(32)27-17-21-5-4-16-33-21/h3,6-11,21H,2,4-5,12-18H2,1H3,(H,27,32)/t21-/m0/s1. The van der Waals surface area contributed by atoms with Crippen molar-refractivity contribution in [2.45, 2.75) is 38.8 Å². The lowest BCUT2D eigenvalue weighted by Gasteiger charge is -2.34. The molecule has 2 fully saturated rings. The summed E-state index contributed by atoms with van der Waals surface area (Å²) in [4.78, 5) is 26.3. The Balaban J connectivity index is 1.25. The third kappa shape index (κ3) is 4.86. The molecule has 1 N–H and O–H groups in total. The maximum absolute atomic E-state index is 12.5. The minimum absolute atomic E-state index is 0.0117. The first-order valence-corrected chi connectivity index (χ1v) is 12.0. The van der Waals surface area contributed by atoms with Crippen LogP contribution in [0.5, 0.6) is 0 Å². The molecule has 1 aromatic carbocycles. The van der Waals surface area contributed by atoms with E-state index in [0.29, 0.717) is 19.6 Å². The number of pyridine rings is 1. The summed E-state index contributed by atoms with van der Waals surface area (Å²) in [6.07, 6.45) is 5.12. The van der Waals surface area contributed by atoms with E-state index in [1.54, 1.807) is 0 Å². The highest BCUT2D eigenvalue weighted by atomic mass is 16.5. The van der Waals surface area contributed by atoms with Gasteiger partial charge in [-0.1, -0.05) is 19.1 Å². The van der Waals surface area contributed by atoms with Gasteiger partial charge in [-0.25, -0.2) is 14.8 Å². The molecule has 4 heterocycles. The summed E-state index contributed by atoms with van der Waals surface area (Å²) in [7, 11) is 0. The second kappa shape index (κ2) is 9.89. The van der Waals surface area contributed by atoms with Crippen LogP contribution in [0.1, 0.15) is 31.2 Å². The molecule has 0 radical (unpaired) electrons. The maximum atomic E-state index is 12.5. The van der Waals surface area contributed by atoms with Crippen molar-refractivity contribution in [2.24, 2.45) is 0 Å². The number of rotatable bonds is 6. The predicted octanol–water partition coefficient (Wildman–Crippen LogP) is 2.99. The van der Waals surface area contributed by atoms with Crippen molar-refractivity contribution in [1.82, 2.24) is 29.7 Å². The fourth-order valence-electron chi connectivity index (χ4n) is 4.64. The number of benzene rings is 1. The van der Waals surface area contributed by atoms with Crippen molar-refractivity contribution in [3.63, 3.8) is 0 Å². The van der Waals surface area contributed by atoms with Crippen LogP contribution in [0.15, 0.2) is 42.6 Å². The van der Waals surface area contributed by atoms with Crippen LogP contribution in [0.4, 0.5) is 4.79 Å². The molecule has 2 amide bonds. The van der Waals surface area contributed by atoms with Crippen molar-refractivity contribution in [1.29, 1.82) is 0 Å². The number of aromatic nitrogens is 3. The SMILES string of the molecule is CCc1ccc(-n2c(CN3CCN(C(=O)NC[C@@H]4CCCO4)CC3)nc3cccnc32)cc1. The fraction of sp³-hybridized carbons (Fsp3) is 0.480. The summed E-state index contributed by atoms with van der Waals surface area (Å²) in [5, 5.41) is 3.04. The van der Waals surface area contributed by atoms with Crippen LogP contribution in [0, 0.1) is 0 Å². The summed E-state index contributed by atoms with van der Waals surface area (Å²) in [5.41, 5.74) is 4.17. The van der Waals surface area contributed by atoms with Gasteiger partial charge in [0.25, 0.3) is 0 Å². The Morgan fingerprint density at radius 3 is 2.70 bits per heavy atom. The van der Waals surface area contributed by atoms with E-state index in [1.807, 2.05) is 23.2 Å². The number of piperazine rings is 1. The van der Waals surface area contributed by atoms with Gasteiger partial charge in [0.15, 0.2) is 5.65 Å². The molecule has 2 aliphatic heterocycles. The van der Waals surface area contributed by atoms with Crippen molar-refractivity contribution in [2.75, 3.05) is 39.3 Å². The Bertz CT molecular complexity index is 1080. The summed E-state index contributed by atoms with van der Waals surface area (Å²) >= 11 is 0. The van der Waals surface area contributed by atoms with Gasteiger partial charge >= 0.3 is 6.03 Å². The number of ether oxygens (including phenoxy) is 1. The predicted molar refractivity (Wildman–Crippen MR) is 127 cm³/mol. The minimum Gasteiger partial charge on any atom is -0.376 e. The molecule has 2 aromatic heterocycles. The van der Waals surface area contributed by atoms with Gasteiger partial charge in [0.1, 0.15) is 11.3 Å². The first kappa shape index (κ1) is 21.9. The number of imidazole rings is 1. The van der Waals surface area contributed by atoms with Crippen LogP contribution in [0.25, 0.3) is 16.9 Å². The van der Waals surface area contributed by atoms with Crippen LogP contribution >= 0.6 is 0 Å². The van der Waals surface area contributed by atoms with Gasteiger partial charge in [0, 0.05) is 51.2 Å². The van der Waals surface area contributed by atoms with Gasteiger partial charge < -0.3 is 15.0 Å². The lowest BCUT2D eigenvalue weighted by Crippen LogP contribution is -2.52. The second-order valence-electron chi connectivity index (χ2n) is 8.81. The third-order valence-electron chi connectivity index (χ3n) is 6.62. The monoisotopic (exact) mass is 448 g/mol. The number of nitrogens with one attached hydrogen (secondary N) is 1. The normalized spacial score (nSPS) is 19.3. The summed E-state index contributed by atoms with van der Waals surface area (Å²) in [5.74, 6) is 0.976. The number of fused-ring (bicyclic) bond motifs is 1. The minimum atomic E-state index is 0.0117. The van der Waals surface area contributed by atoms with E-state index in [2.05, 4.69) is 51.0 Å². The lowest BCUT2D eigenvalue weighted by molar-refractivity contribution is 0.103. The Hall–Kier alpha value is -2.97. The Morgan fingerprint density at radius 1 is 1.15 bits per heavy atom. The number of carbonyl (C=O) groups excluding carboxylic acids is 1. The average molecular weight is 449 g/mol. The molecule has 0 spiro atoms. The van der Waals surface area contributed by atoms with E-state index >= 15 is 0 Å². The van der Waals surface area contributed by atoms with Crippen molar-refractivity contribution >= 4 is 17.2 Å². The van der Waals surface area contributed by atoms with Crippen LogP contribution in [0.3, 0.4) is 0 Å². The number of amides is 2. The molecule has 0 unspecified atom stereocenters. The number of urea groups is 1. The van der Waals surface area contributed by atoms with Gasteiger partial charge in [-0.2, -0.15) is 0 Å². The summed E-state index contributed by atoms with van der Waals surface area (Å²) in [6.45, 7) is 7.35. The van der Waals surface area contributed by atoms with Gasteiger partial charge in [0.05, 0.1) is 12.6 Å². The number of aryl methyl sites for hydroxylation is 1. The average Bonchev–Trinajstić information content (AvgIpc) is 3.51. The number of carbonyl (C=O) groups is 1. The Labute approximate surface area is 194 Å². The molecule has 8 nitrogen and oxygen atoms in total. The highest BCUT2D eigenvalue weighted by Crippen LogP contribution is 2.22. The van der Waals surface area contributed by atoms with E-state index < -0.39 is 0 Å². The third-order valence-corrected chi connectivity index (χ3v) is 6.62. The van der Waals surface area contributed by atoms with Gasteiger partial charge in [-0.3, -0.25) is 9.47 Å². The molecule has 0 aliphatic carbocycles. The molecule has 33 heavy (non-hydrogen) atoms. The van der Waals surface area contributed by atoms with E-state index in [-0.39, 0.29) is 12.1 Å². The zero-order valence-corrected chi connectivity index (χ0v) is 19.2. The molecule has 5 rings (SSSR count). The van der Waals surface area contributed by atoms with Gasteiger partial charge in [-0.05, 0) is 49.1 Å².